The summed E-state index contributed by atoms with van der Waals surface area (Å²) in [5, 5.41) is 0. The third kappa shape index (κ3) is 3.36. The van der Waals surface area contributed by atoms with Crippen molar-refractivity contribution in [1.82, 2.24) is 0 Å². The van der Waals surface area contributed by atoms with Gasteiger partial charge in [-0.15, -0.1) is 0 Å². The zero-order valence-electron chi connectivity index (χ0n) is 7.74. The zero-order chi connectivity index (χ0) is 9.68. The predicted molar refractivity (Wildman–Crippen MR) is 56.3 cm³/mol. The van der Waals surface area contributed by atoms with Crippen molar-refractivity contribution in [3.63, 3.8) is 0 Å². The lowest BCUT2D eigenvalue weighted by Crippen LogP contribution is -2.26. The highest BCUT2D eigenvalue weighted by Crippen LogP contribution is 2.15. The molecule has 0 aliphatic rings. The average Bonchev–Trinajstić information content (AvgIpc) is 2.15. The monoisotopic (exact) mass is 244 g/mol. The van der Waals surface area contributed by atoms with Gasteiger partial charge in [0.2, 0.25) is 6.29 Å². The van der Waals surface area contributed by atoms with Crippen LogP contribution in [-0.4, -0.2) is 18.2 Å². The van der Waals surface area contributed by atoms with Gasteiger partial charge in [-0.2, -0.15) is 0 Å². The van der Waals surface area contributed by atoms with Crippen molar-refractivity contribution in [3.05, 3.63) is 30.3 Å². The Morgan fingerprint density at radius 3 is 2.31 bits per heavy atom. The minimum Gasteiger partial charge on any atom is -0.464 e. The van der Waals surface area contributed by atoms with Crippen LogP contribution in [0.4, 0.5) is 0 Å². The quantitative estimate of drug-likeness (QED) is 0.599. The van der Waals surface area contributed by atoms with Crippen LogP contribution >= 0.6 is 15.9 Å². The van der Waals surface area contributed by atoms with Crippen molar-refractivity contribution in [2.45, 2.75) is 18.0 Å². The van der Waals surface area contributed by atoms with E-state index in [2.05, 4.69) is 15.9 Å². The molecule has 0 N–H and O–H groups in total. The van der Waals surface area contributed by atoms with Gasteiger partial charge >= 0.3 is 0 Å². The van der Waals surface area contributed by atoms with E-state index in [0.29, 0.717) is 0 Å². The molecule has 0 saturated heterocycles. The van der Waals surface area contributed by atoms with Gasteiger partial charge in [0.05, 0.1) is 4.83 Å². The van der Waals surface area contributed by atoms with Crippen molar-refractivity contribution in [3.8, 4) is 5.75 Å². The molecule has 0 aromatic heterocycles. The number of hydrogen-bond donors (Lipinski definition) is 0. The van der Waals surface area contributed by atoms with Crippen LogP contribution in [-0.2, 0) is 4.74 Å². The van der Waals surface area contributed by atoms with Gasteiger partial charge in [0.25, 0.3) is 0 Å². The molecule has 2 nitrogen and oxygen atoms in total. The fraction of sp³-hybridized carbons (Fsp3) is 0.400. The normalized spacial score (nSPS) is 15.0. The molecule has 2 atom stereocenters. The van der Waals surface area contributed by atoms with Gasteiger partial charge in [-0.05, 0) is 19.1 Å². The molecule has 3 heteroatoms. The van der Waals surface area contributed by atoms with Crippen LogP contribution < -0.4 is 4.74 Å². The summed E-state index contributed by atoms with van der Waals surface area (Å²) in [5.74, 6) is 0.820. The lowest BCUT2D eigenvalue weighted by atomic mass is 10.3. The predicted octanol–water partition coefficient (Wildman–Crippen LogP) is 2.82. The summed E-state index contributed by atoms with van der Waals surface area (Å²) in [6, 6.07) is 9.62. The molecule has 0 bridgehead atoms. The molecule has 0 spiro atoms. The van der Waals surface area contributed by atoms with Crippen LogP contribution in [0.1, 0.15) is 6.92 Å². The van der Waals surface area contributed by atoms with Gasteiger partial charge in [0, 0.05) is 7.11 Å². The molecule has 0 saturated carbocycles. The zero-order valence-corrected chi connectivity index (χ0v) is 9.32. The topological polar surface area (TPSA) is 18.5 Å². The molecule has 1 rings (SSSR count). The van der Waals surface area contributed by atoms with Gasteiger partial charge < -0.3 is 9.47 Å². The molecule has 13 heavy (non-hydrogen) atoms. The summed E-state index contributed by atoms with van der Waals surface area (Å²) in [5.41, 5.74) is 0. The highest BCUT2D eigenvalue weighted by atomic mass is 79.9. The molecular formula is C10H13BrO2. The molecule has 1 aromatic rings. The SMILES string of the molecule is COC(Oc1ccccc1)C(C)Br. The first-order chi connectivity index (χ1) is 6.24. The fourth-order valence-electron chi connectivity index (χ4n) is 0.963. The van der Waals surface area contributed by atoms with E-state index in [1.165, 1.54) is 0 Å². The molecule has 0 amide bonds. The molecule has 2 unspecified atom stereocenters. The summed E-state index contributed by atoms with van der Waals surface area (Å²) >= 11 is 3.41. The number of methoxy groups -OCH3 is 1. The Hall–Kier alpha value is -0.540. The van der Waals surface area contributed by atoms with Crippen molar-refractivity contribution in [1.29, 1.82) is 0 Å². The first-order valence-corrected chi connectivity index (χ1v) is 5.04. The molecule has 0 fully saturated rings. The Labute approximate surface area is 87.0 Å². The van der Waals surface area contributed by atoms with Crippen LogP contribution in [0.3, 0.4) is 0 Å². The van der Waals surface area contributed by atoms with Gasteiger partial charge in [-0.25, -0.2) is 0 Å². The maximum absolute atomic E-state index is 5.56. The first kappa shape index (κ1) is 10.5. The maximum Gasteiger partial charge on any atom is 0.211 e. The second-order valence-electron chi connectivity index (χ2n) is 2.71. The molecule has 1 aromatic carbocycles. The lowest BCUT2D eigenvalue weighted by molar-refractivity contribution is -0.0493. The number of ether oxygens (including phenoxy) is 2. The number of alkyl halides is 1. The molecule has 0 aliphatic carbocycles. The molecule has 72 valence electrons. The minimum absolute atomic E-state index is 0.165. The van der Waals surface area contributed by atoms with Crippen LogP contribution in [0, 0.1) is 0 Å². The van der Waals surface area contributed by atoms with Crippen LogP contribution in [0.15, 0.2) is 30.3 Å². The first-order valence-electron chi connectivity index (χ1n) is 4.12. The standard InChI is InChI=1S/C10H13BrO2/c1-8(11)10(12-2)13-9-6-4-3-5-7-9/h3-8,10H,1-2H3. The van der Waals surface area contributed by atoms with Crippen molar-refractivity contribution < 1.29 is 9.47 Å². The number of hydrogen-bond acceptors (Lipinski definition) is 2. The minimum atomic E-state index is -0.248. The Morgan fingerprint density at radius 2 is 1.85 bits per heavy atom. The van der Waals surface area contributed by atoms with E-state index in [-0.39, 0.29) is 11.1 Å². The average molecular weight is 245 g/mol. The van der Waals surface area contributed by atoms with E-state index in [0.717, 1.165) is 5.75 Å². The van der Waals surface area contributed by atoms with E-state index in [1.54, 1.807) is 7.11 Å². The third-order valence-electron chi connectivity index (χ3n) is 1.60. The summed E-state index contributed by atoms with van der Waals surface area (Å²) in [6.07, 6.45) is -0.248. The van der Waals surface area contributed by atoms with E-state index < -0.39 is 0 Å². The van der Waals surface area contributed by atoms with Crippen LogP contribution in [0.2, 0.25) is 0 Å². The Kier molecular flexibility index (Phi) is 4.25. The fourth-order valence-corrected chi connectivity index (χ4v) is 1.29. The molecular weight excluding hydrogens is 232 g/mol. The lowest BCUT2D eigenvalue weighted by Gasteiger charge is -2.19. The second kappa shape index (κ2) is 5.25. The number of para-hydroxylation sites is 1. The van der Waals surface area contributed by atoms with Gasteiger partial charge in [-0.3, -0.25) is 0 Å². The van der Waals surface area contributed by atoms with Crippen molar-refractivity contribution in [2.24, 2.45) is 0 Å². The van der Waals surface area contributed by atoms with Crippen LogP contribution in [0.5, 0.6) is 5.75 Å². The smallest absolute Gasteiger partial charge is 0.211 e. The van der Waals surface area contributed by atoms with Gasteiger partial charge in [0.1, 0.15) is 5.75 Å². The highest BCUT2D eigenvalue weighted by molar-refractivity contribution is 9.09. The summed E-state index contributed by atoms with van der Waals surface area (Å²) in [6.45, 7) is 1.98. The number of halogens is 1. The van der Waals surface area contributed by atoms with Gasteiger partial charge in [0.15, 0.2) is 0 Å². The largest absolute Gasteiger partial charge is 0.464 e. The summed E-state index contributed by atoms with van der Waals surface area (Å²) in [7, 11) is 1.63. The second-order valence-corrected chi connectivity index (χ2v) is 4.16. The highest BCUT2D eigenvalue weighted by Gasteiger charge is 2.14. The molecule has 0 heterocycles. The van der Waals surface area contributed by atoms with Crippen molar-refractivity contribution in [2.75, 3.05) is 7.11 Å². The van der Waals surface area contributed by atoms with E-state index >= 15 is 0 Å². The molecule has 0 radical (unpaired) electrons. The molecule has 0 aliphatic heterocycles. The summed E-state index contributed by atoms with van der Waals surface area (Å²) in [4.78, 5) is 0.165. The maximum atomic E-state index is 5.56. The van der Waals surface area contributed by atoms with E-state index in [4.69, 9.17) is 9.47 Å². The van der Waals surface area contributed by atoms with E-state index in [9.17, 15) is 0 Å². The summed E-state index contributed by atoms with van der Waals surface area (Å²) < 4.78 is 10.7. The Morgan fingerprint density at radius 1 is 1.23 bits per heavy atom. The third-order valence-corrected chi connectivity index (χ3v) is 2.03. The number of rotatable bonds is 4. The van der Waals surface area contributed by atoms with Gasteiger partial charge in [-0.1, -0.05) is 34.1 Å². The van der Waals surface area contributed by atoms with Crippen LogP contribution in [0.25, 0.3) is 0 Å². The number of benzene rings is 1. The van der Waals surface area contributed by atoms with Crippen molar-refractivity contribution >= 4 is 15.9 Å². The Bertz CT molecular complexity index is 236. The Balaban J connectivity index is 2.57. The van der Waals surface area contributed by atoms with E-state index in [1.807, 2.05) is 37.3 Å².